The molecule has 3 aliphatic rings. The maximum atomic E-state index is 12.3. The van der Waals surface area contributed by atoms with Crippen LogP contribution in [0.15, 0.2) is 4.99 Å². The van der Waals surface area contributed by atoms with Crippen LogP contribution in [0, 0.1) is 17.2 Å². The number of carbonyl (C=O) groups excluding carboxylic acids is 1. The SMILES string of the molecule is N#CC1C(=O)NC(N2CCOCC2)=NC12CCCCC2. The quantitative estimate of drug-likeness (QED) is 0.704. The van der Waals surface area contributed by atoms with Gasteiger partial charge < -0.3 is 9.64 Å². The number of hydrogen-bond acceptors (Lipinski definition) is 5. The number of morpholine rings is 1. The third-order valence-electron chi connectivity index (χ3n) is 4.52. The van der Waals surface area contributed by atoms with Gasteiger partial charge in [0.05, 0.1) is 24.8 Å². The molecule has 1 atom stereocenters. The summed E-state index contributed by atoms with van der Waals surface area (Å²) in [6.07, 6.45) is 4.94. The van der Waals surface area contributed by atoms with Crippen molar-refractivity contribution in [3.05, 3.63) is 0 Å². The van der Waals surface area contributed by atoms with Crippen molar-refractivity contribution >= 4 is 11.9 Å². The summed E-state index contributed by atoms with van der Waals surface area (Å²) < 4.78 is 5.33. The van der Waals surface area contributed by atoms with Gasteiger partial charge in [-0.25, -0.2) is 4.99 Å². The van der Waals surface area contributed by atoms with E-state index in [1.807, 2.05) is 0 Å². The van der Waals surface area contributed by atoms with E-state index in [-0.39, 0.29) is 5.91 Å². The van der Waals surface area contributed by atoms with Crippen molar-refractivity contribution in [2.75, 3.05) is 26.3 Å². The highest BCUT2D eigenvalue weighted by atomic mass is 16.5. The number of aliphatic imine (C=N–C) groups is 1. The first kappa shape index (κ1) is 13.4. The van der Waals surface area contributed by atoms with Crippen molar-refractivity contribution in [1.82, 2.24) is 10.2 Å². The summed E-state index contributed by atoms with van der Waals surface area (Å²) >= 11 is 0. The average Bonchev–Trinajstić information content (AvgIpc) is 2.49. The highest BCUT2D eigenvalue weighted by Gasteiger charge is 2.48. The molecule has 1 unspecified atom stereocenters. The Bertz CT molecular complexity index is 456. The Morgan fingerprint density at radius 2 is 2.00 bits per heavy atom. The van der Waals surface area contributed by atoms with Crippen LogP contribution in [-0.2, 0) is 9.53 Å². The summed E-state index contributed by atoms with van der Waals surface area (Å²) in [6, 6.07) is 2.18. The highest BCUT2D eigenvalue weighted by molar-refractivity contribution is 6.02. The second kappa shape index (κ2) is 5.41. The van der Waals surface area contributed by atoms with Crippen LogP contribution in [0.2, 0.25) is 0 Å². The van der Waals surface area contributed by atoms with Crippen LogP contribution in [0.1, 0.15) is 32.1 Å². The smallest absolute Gasteiger partial charge is 0.246 e. The highest BCUT2D eigenvalue weighted by Crippen LogP contribution is 2.39. The molecular weight excluding hydrogens is 256 g/mol. The van der Waals surface area contributed by atoms with E-state index < -0.39 is 11.5 Å². The standard InChI is InChI=1S/C14H20N4O2/c15-10-11-12(19)16-13(18-6-8-20-9-7-18)17-14(11)4-2-1-3-5-14/h11H,1-9H2,(H,16,17,19). The van der Waals surface area contributed by atoms with E-state index >= 15 is 0 Å². The minimum absolute atomic E-state index is 0.189. The molecule has 1 N–H and O–H groups in total. The number of carbonyl (C=O) groups is 1. The lowest BCUT2D eigenvalue weighted by Gasteiger charge is -2.42. The van der Waals surface area contributed by atoms with Crippen LogP contribution in [0.3, 0.4) is 0 Å². The molecule has 1 amide bonds. The van der Waals surface area contributed by atoms with Crippen molar-refractivity contribution < 1.29 is 9.53 Å². The van der Waals surface area contributed by atoms with Crippen molar-refractivity contribution in [1.29, 1.82) is 5.26 Å². The van der Waals surface area contributed by atoms with Crippen molar-refractivity contribution in [2.24, 2.45) is 10.9 Å². The van der Waals surface area contributed by atoms with E-state index in [2.05, 4.69) is 16.3 Å². The van der Waals surface area contributed by atoms with E-state index in [1.165, 1.54) is 6.42 Å². The Hall–Kier alpha value is -1.61. The average molecular weight is 276 g/mol. The molecule has 0 aromatic heterocycles. The molecule has 0 radical (unpaired) electrons. The van der Waals surface area contributed by atoms with Crippen LogP contribution in [0.25, 0.3) is 0 Å². The van der Waals surface area contributed by atoms with Gasteiger partial charge in [0.15, 0.2) is 5.92 Å². The fraction of sp³-hybridized carbons (Fsp3) is 0.786. The minimum Gasteiger partial charge on any atom is -0.378 e. The molecule has 1 aliphatic carbocycles. The number of nitriles is 1. The first-order valence-electron chi connectivity index (χ1n) is 7.38. The number of amides is 1. The van der Waals surface area contributed by atoms with Gasteiger partial charge in [-0.05, 0) is 12.8 Å². The second-order valence-electron chi connectivity index (χ2n) is 5.75. The van der Waals surface area contributed by atoms with Gasteiger partial charge in [-0.2, -0.15) is 5.26 Å². The Morgan fingerprint density at radius 1 is 1.30 bits per heavy atom. The predicted octanol–water partition coefficient (Wildman–Crippen LogP) is 0.647. The van der Waals surface area contributed by atoms with E-state index in [1.54, 1.807) is 0 Å². The first-order valence-corrected chi connectivity index (χ1v) is 7.38. The molecule has 6 nitrogen and oxygen atoms in total. The number of hydrogen-bond donors (Lipinski definition) is 1. The number of rotatable bonds is 0. The zero-order chi connectivity index (χ0) is 14.0. The number of nitrogens with zero attached hydrogens (tertiary/aromatic N) is 3. The molecule has 3 rings (SSSR count). The molecule has 0 aromatic carbocycles. The molecule has 2 fully saturated rings. The second-order valence-corrected chi connectivity index (χ2v) is 5.75. The summed E-state index contributed by atoms with van der Waals surface area (Å²) in [5, 5.41) is 12.2. The lowest BCUT2D eigenvalue weighted by atomic mass is 9.72. The van der Waals surface area contributed by atoms with Crippen molar-refractivity contribution in [2.45, 2.75) is 37.6 Å². The van der Waals surface area contributed by atoms with Crippen LogP contribution in [0.4, 0.5) is 0 Å². The van der Waals surface area contributed by atoms with Gasteiger partial charge in [-0.3, -0.25) is 10.1 Å². The van der Waals surface area contributed by atoms with E-state index in [0.717, 1.165) is 38.8 Å². The predicted molar refractivity (Wildman–Crippen MR) is 72.9 cm³/mol. The molecule has 1 saturated heterocycles. The van der Waals surface area contributed by atoms with Gasteiger partial charge >= 0.3 is 0 Å². The van der Waals surface area contributed by atoms with Crippen LogP contribution in [-0.4, -0.2) is 48.6 Å². The number of nitrogens with one attached hydrogen (secondary N) is 1. The zero-order valence-electron chi connectivity index (χ0n) is 11.6. The normalized spacial score (nSPS) is 29.6. The van der Waals surface area contributed by atoms with Crippen LogP contribution in [0.5, 0.6) is 0 Å². The van der Waals surface area contributed by atoms with Crippen molar-refractivity contribution in [3.63, 3.8) is 0 Å². The van der Waals surface area contributed by atoms with Gasteiger partial charge in [-0.15, -0.1) is 0 Å². The summed E-state index contributed by atoms with van der Waals surface area (Å²) in [7, 11) is 0. The molecule has 1 spiro atoms. The van der Waals surface area contributed by atoms with Gasteiger partial charge in [-0.1, -0.05) is 19.3 Å². The Labute approximate surface area is 118 Å². The fourth-order valence-electron chi connectivity index (χ4n) is 3.40. The van der Waals surface area contributed by atoms with Gasteiger partial charge in [0.1, 0.15) is 0 Å². The lowest BCUT2D eigenvalue weighted by molar-refractivity contribution is -0.125. The Kier molecular flexibility index (Phi) is 3.62. The monoisotopic (exact) mass is 276 g/mol. The van der Waals surface area contributed by atoms with Crippen LogP contribution >= 0.6 is 0 Å². The Balaban J connectivity index is 1.91. The largest absolute Gasteiger partial charge is 0.378 e. The number of ether oxygens (including phenoxy) is 1. The molecule has 108 valence electrons. The minimum atomic E-state index is -0.646. The summed E-state index contributed by atoms with van der Waals surface area (Å²) in [5.41, 5.74) is -0.497. The molecular formula is C14H20N4O2. The van der Waals surface area contributed by atoms with E-state index in [9.17, 15) is 10.1 Å². The molecule has 2 aliphatic heterocycles. The lowest BCUT2D eigenvalue weighted by Crippen LogP contribution is -2.59. The van der Waals surface area contributed by atoms with Crippen LogP contribution < -0.4 is 5.32 Å². The van der Waals surface area contributed by atoms with Gasteiger partial charge in [0, 0.05) is 13.1 Å². The summed E-state index contributed by atoms with van der Waals surface area (Å²) in [6.45, 7) is 2.80. The van der Waals surface area contributed by atoms with Gasteiger partial charge in [0.25, 0.3) is 0 Å². The fourth-order valence-corrected chi connectivity index (χ4v) is 3.40. The topological polar surface area (TPSA) is 77.7 Å². The van der Waals surface area contributed by atoms with E-state index in [4.69, 9.17) is 9.73 Å². The third kappa shape index (κ3) is 2.27. The van der Waals surface area contributed by atoms with Crippen molar-refractivity contribution in [3.8, 4) is 6.07 Å². The number of guanidine groups is 1. The summed E-state index contributed by atoms with van der Waals surface area (Å²) in [5.74, 6) is -0.190. The maximum Gasteiger partial charge on any atom is 0.246 e. The van der Waals surface area contributed by atoms with Gasteiger partial charge in [0.2, 0.25) is 11.9 Å². The summed E-state index contributed by atoms with van der Waals surface area (Å²) in [4.78, 5) is 19.2. The molecule has 1 saturated carbocycles. The first-order chi connectivity index (χ1) is 9.75. The molecule has 2 heterocycles. The molecule has 0 bridgehead atoms. The molecule has 6 heteroatoms. The molecule has 0 aromatic rings. The Morgan fingerprint density at radius 3 is 2.65 bits per heavy atom. The van der Waals surface area contributed by atoms with E-state index in [0.29, 0.717) is 19.2 Å². The third-order valence-corrected chi connectivity index (χ3v) is 4.52. The molecule has 20 heavy (non-hydrogen) atoms. The maximum absolute atomic E-state index is 12.3. The zero-order valence-corrected chi connectivity index (χ0v) is 11.6.